The summed E-state index contributed by atoms with van der Waals surface area (Å²) < 4.78 is 0. The van der Waals surface area contributed by atoms with Crippen molar-refractivity contribution in [2.45, 2.75) is 6.92 Å². The Balaban J connectivity index is 1.60. The van der Waals surface area contributed by atoms with Gasteiger partial charge in [-0.1, -0.05) is 18.2 Å². The van der Waals surface area contributed by atoms with Crippen molar-refractivity contribution in [1.82, 2.24) is 25.1 Å². The summed E-state index contributed by atoms with van der Waals surface area (Å²) in [6.45, 7) is 2.06. The molecule has 0 radical (unpaired) electrons. The van der Waals surface area contributed by atoms with Crippen LogP contribution < -0.4 is 0 Å². The molecule has 5 nitrogen and oxygen atoms in total. The standard InChI is InChI=1S/C22H17N5/c1-14-8-10-23-13-17(14)20-12-22(27-26-20)21-11-16-15(5-4-7-19(16)25-21)18-6-2-3-9-24-18/h2-13,25H,1H3,(H,26,27). The highest BCUT2D eigenvalue weighted by atomic mass is 15.1. The van der Waals surface area contributed by atoms with Gasteiger partial charge in [0.1, 0.15) is 0 Å². The molecule has 0 bridgehead atoms. The van der Waals surface area contributed by atoms with E-state index in [1.54, 1.807) is 6.20 Å². The van der Waals surface area contributed by atoms with Crippen molar-refractivity contribution in [3.05, 3.63) is 78.8 Å². The molecule has 0 amide bonds. The molecule has 0 aliphatic carbocycles. The molecule has 0 saturated heterocycles. The van der Waals surface area contributed by atoms with E-state index in [2.05, 4.69) is 56.3 Å². The van der Waals surface area contributed by atoms with Crippen LogP contribution in [0.1, 0.15) is 5.56 Å². The van der Waals surface area contributed by atoms with Gasteiger partial charge in [0.2, 0.25) is 0 Å². The number of pyridine rings is 2. The fourth-order valence-corrected chi connectivity index (χ4v) is 3.38. The van der Waals surface area contributed by atoms with Gasteiger partial charge in [0.25, 0.3) is 0 Å². The van der Waals surface area contributed by atoms with E-state index in [1.165, 1.54) is 0 Å². The van der Waals surface area contributed by atoms with Gasteiger partial charge in [0, 0.05) is 40.6 Å². The topological polar surface area (TPSA) is 70.2 Å². The second-order valence-corrected chi connectivity index (χ2v) is 6.52. The maximum Gasteiger partial charge on any atom is 0.0945 e. The maximum absolute atomic E-state index is 4.49. The van der Waals surface area contributed by atoms with Crippen LogP contribution in [0.5, 0.6) is 0 Å². The number of fused-ring (bicyclic) bond motifs is 1. The summed E-state index contributed by atoms with van der Waals surface area (Å²) >= 11 is 0. The molecule has 27 heavy (non-hydrogen) atoms. The molecule has 5 aromatic rings. The van der Waals surface area contributed by atoms with Gasteiger partial charge in [-0.3, -0.25) is 15.1 Å². The minimum atomic E-state index is 0.888. The fourth-order valence-electron chi connectivity index (χ4n) is 3.38. The molecule has 0 atom stereocenters. The van der Waals surface area contributed by atoms with E-state index < -0.39 is 0 Å². The number of hydrogen-bond acceptors (Lipinski definition) is 3. The van der Waals surface area contributed by atoms with Crippen LogP contribution in [0.3, 0.4) is 0 Å². The molecule has 0 saturated carbocycles. The van der Waals surface area contributed by atoms with Gasteiger partial charge < -0.3 is 4.98 Å². The molecule has 1 aromatic carbocycles. The average molecular weight is 351 g/mol. The first-order valence-electron chi connectivity index (χ1n) is 8.79. The van der Waals surface area contributed by atoms with Gasteiger partial charge in [0.05, 0.1) is 22.8 Å². The molecule has 0 fully saturated rings. The van der Waals surface area contributed by atoms with Gasteiger partial charge in [0.15, 0.2) is 0 Å². The Morgan fingerprint density at radius 3 is 2.63 bits per heavy atom. The molecule has 130 valence electrons. The van der Waals surface area contributed by atoms with E-state index in [0.29, 0.717) is 0 Å². The zero-order valence-electron chi connectivity index (χ0n) is 14.8. The smallest absolute Gasteiger partial charge is 0.0945 e. The zero-order valence-corrected chi connectivity index (χ0v) is 14.8. The molecule has 0 aliphatic heterocycles. The zero-order chi connectivity index (χ0) is 18.2. The van der Waals surface area contributed by atoms with Gasteiger partial charge in [-0.25, -0.2) is 0 Å². The van der Waals surface area contributed by atoms with Crippen molar-refractivity contribution >= 4 is 10.9 Å². The van der Waals surface area contributed by atoms with Gasteiger partial charge in [-0.15, -0.1) is 0 Å². The van der Waals surface area contributed by atoms with Crippen molar-refractivity contribution < 1.29 is 0 Å². The third-order valence-corrected chi connectivity index (χ3v) is 4.79. The van der Waals surface area contributed by atoms with E-state index in [-0.39, 0.29) is 0 Å². The average Bonchev–Trinajstić information content (AvgIpc) is 3.36. The summed E-state index contributed by atoms with van der Waals surface area (Å²) in [7, 11) is 0. The van der Waals surface area contributed by atoms with Crippen LogP contribution in [0.25, 0.3) is 44.8 Å². The number of hydrogen-bond donors (Lipinski definition) is 2. The molecule has 0 aliphatic rings. The lowest BCUT2D eigenvalue weighted by molar-refractivity contribution is 1.09. The normalized spacial score (nSPS) is 11.1. The second-order valence-electron chi connectivity index (χ2n) is 6.52. The Bertz CT molecular complexity index is 1230. The number of aryl methyl sites for hydroxylation is 1. The monoisotopic (exact) mass is 351 g/mol. The second kappa shape index (κ2) is 6.21. The highest BCUT2D eigenvalue weighted by Crippen LogP contribution is 2.32. The Morgan fingerprint density at radius 2 is 1.78 bits per heavy atom. The highest BCUT2D eigenvalue weighted by Gasteiger charge is 2.12. The molecule has 5 heteroatoms. The van der Waals surface area contributed by atoms with E-state index in [4.69, 9.17) is 0 Å². The first-order valence-corrected chi connectivity index (χ1v) is 8.79. The Morgan fingerprint density at radius 1 is 0.815 bits per heavy atom. The fraction of sp³-hybridized carbons (Fsp3) is 0.0455. The first-order chi connectivity index (χ1) is 13.3. The summed E-state index contributed by atoms with van der Waals surface area (Å²) in [5, 5.41) is 8.76. The largest absolute Gasteiger partial charge is 0.353 e. The first kappa shape index (κ1) is 15.5. The van der Waals surface area contributed by atoms with Crippen molar-refractivity contribution in [3.63, 3.8) is 0 Å². The Labute approximate surface area is 156 Å². The molecule has 0 unspecified atom stereocenters. The predicted molar refractivity (Wildman–Crippen MR) is 107 cm³/mol. The number of aromatic nitrogens is 5. The molecule has 2 N–H and O–H groups in total. The minimum absolute atomic E-state index is 0.888. The molecule has 5 rings (SSSR count). The summed E-state index contributed by atoms with van der Waals surface area (Å²) in [5.74, 6) is 0. The number of H-pyrrole nitrogens is 2. The van der Waals surface area contributed by atoms with Gasteiger partial charge >= 0.3 is 0 Å². The van der Waals surface area contributed by atoms with E-state index in [1.807, 2.05) is 42.7 Å². The van der Waals surface area contributed by atoms with Crippen LogP contribution in [-0.2, 0) is 0 Å². The van der Waals surface area contributed by atoms with Crippen LogP contribution in [0.15, 0.2) is 73.2 Å². The van der Waals surface area contributed by atoms with Crippen molar-refractivity contribution in [2.75, 3.05) is 0 Å². The molecule has 0 spiro atoms. The Kier molecular flexibility index (Phi) is 3.57. The number of nitrogens with zero attached hydrogens (tertiary/aromatic N) is 3. The lowest BCUT2D eigenvalue weighted by Gasteiger charge is -2.01. The number of aromatic amines is 2. The minimum Gasteiger partial charge on any atom is -0.353 e. The van der Waals surface area contributed by atoms with Gasteiger partial charge in [-0.2, -0.15) is 5.10 Å². The van der Waals surface area contributed by atoms with E-state index >= 15 is 0 Å². The molecular weight excluding hydrogens is 334 g/mol. The molecule has 4 heterocycles. The van der Waals surface area contributed by atoms with E-state index in [0.717, 1.165) is 50.4 Å². The van der Waals surface area contributed by atoms with Crippen molar-refractivity contribution in [2.24, 2.45) is 0 Å². The third kappa shape index (κ3) is 2.69. The van der Waals surface area contributed by atoms with Crippen LogP contribution in [0, 0.1) is 6.92 Å². The van der Waals surface area contributed by atoms with Crippen molar-refractivity contribution in [1.29, 1.82) is 0 Å². The van der Waals surface area contributed by atoms with Gasteiger partial charge in [-0.05, 0) is 48.9 Å². The maximum atomic E-state index is 4.49. The summed E-state index contributed by atoms with van der Waals surface area (Å²) in [5.41, 5.74) is 8.15. The van der Waals surface area contributed by atoms with E-state index in [9.17, 15) is 0 Å². The lowest BCUT2D eigenvalue weighted by Crippen LogP contribution is -1.84. The number of nitrogens with one attached hydrogen (secondary N) is 2. The molecular formula is C22H17N5. The highest BCUT2D eigenvalue weighted by molar-refractivity contribution is 5.97. The number of benzene rings is 1. The lowest BCUT2D eigenvalue weighted by atomic mass is 10.1. The van der Waals surface area contributed by atoms with Crippen LogP contribution >= 0.6 is 0 Å². The summed E-state index contributed by atoms with van der Waals surface area (Å²) in [4.78, 5) is 12.2. The third-order valence-electron chi connectivity index (χ3n) is 4.79. The summed E-state index contributed by atoms with van der Waals surface area (Å²) in [6.07, 6.45) is 5.46. The number of rotatable bonds is 3. The van der Waals surface area contributed by atoms with Crippen molar-refractivity contribution in [3.8, 4) is 33.9 Å². The molecule has 4 aromatic heterocycles. The quantitative estimate of drug-likeness (QED) is 0.481. The predicted octanol–water partition coefficient (Wildman–Crippen LogP) is 4.99. The van der Waals surface area contributed by atoms with Crippen LogP contribution in [0.2, 0.25) is 0 Å². The Hall–Kier alpha value is -3.73. The summed E-state index contributed by atoms with van der Waals surface area (Å²) in [6, 6.07) is 18.4. The SMILES string of the molecule is Cc1ccncc1-c1cc(-c2cc3c(-c4ccccn4)cccc3[nH]2)[nH]n1. The van der Waals surface area contributed by atoms with Crippen LogP contribution in [-0.4, -0.2) is 25.1 Å². The van der Waals surface area contributed by atoms with Crippen LogP contribution in [0.4, 0.5) is 0 Å².